The van der Waals surface area contributed by atoms with Crippen LogP contribution < -0.4 is 0 Å². The molecule has 3 aromatic rings. The minimum absolute atomic E-state index is 0.000871. The second-order valence-corrected chi connectivity index (χ2v) is 14.4. The largest absolute Gasteiger partial charge is 0.507 e. The number of benzene rings is 3. The first kappa shape index (κ1) is 27.8. The highest BCUT2D eigenvalue weighted by molar-refractivity contribution is 5.88. The number of phenols is 2. The molecule has 0 saturated heterocycles. The summed E-state index contributed by atoms with van der Waals surface area (Å²) in [5.41, 5.74) is 7.64. The monoisotopic (exact) mass is 486 g/mol. The summed E-state index contributed by atoms with van der Waals surface area (Å²) < 4.78 is 0. The normalized spacial score (nSPS) is 13.2. The van der Waals surface area contributed by atoms with Crippen LogP contribution in [0.3, 0.4) is 0 Å². The average molecular weight is 487 g/mol. The fourth-order valence-electron chi connectivity index (χ4n) is 4.78. The molecule has 2 N–H and O–H groups in total. The second kappa shape index (κ2) is 8.98. The molecule has 36 heavy (non-hydrogen) atoms. The van der Waals surface area contributed by atoms with E-state index in [1.165, 1.54) is 16.7 Å². The summed E-state index contributed by atoms with van der Waals surface area (Å²) in [7, 11) is 0. The molecule has 3 aromatic carbocycles. The molecule has 0 aliphatic carbocycles. The molecule has 0 aromatic heterocycles. The highest BCUT2D eigenvalue weighted by Crippen LogP contribution is 2.49. The summed E-state index contributed by atoms with van der Waals surface area (Å²) in [5.74, 6) is 0.215. The van der Waals surface area contributed by atoms with Gasteiger partial charge in [-0.3, -0.25) is 0 Å². The van der Waals surface area contributed by atoms with E-state index < -0.39 is 0 Å². The van der Waals surface area contributed by atoms with Crippen LogP contribution in [-0.2, 0) is 21.7 Å². The van der Waals surface area contributed by atoms with Crippen LogP contribution in [0.5, 0.6) is 11.5 Å². The lowest BCUT2D eigenvalue weighted by Crippen LogP contribution is -2.17. The van der Waals surface area contributed by atoms with Crippen LogP contribution in [-0.4, -0.2) is 10.2 Å². The SMILES string of the molecule is CC(C)(C)c1ccc(-c2ccc(O)c(-c3ccc(C(C)(C)C)cc3C(C)(C)C)c2O)c(C(C)(C)C)c1. The Balaban J connectivity index is 2.35. The molecule has 0 radical (unpaired) electrons. The fraction of sp³-hybridized carbons (Fsp3) is 0.471. The lowest BCUT2D eigenvalue weighted by atomic mass is 9.75. The lowest BCUT2D eigenvalue weighted by Gasteiger charge is -2.29. The van der Waals surface area contributed by atoms with Gasteiger partial charge in [-0.15, -0.1) is 0 Å². The smallest absolute Gasteiger partial charge is 0.134 e. The van der Waals surface area contributed by atoms with Gasteiger partial charge in [0.15, 0.2) is 0 Å². The molecule has 0 spiro atoms. The highest BCUT2D eigenvalue weighted by atomic mass is 16.3. The molecule has 0 bridgehead atoms. The molecule has 0 amide bonds. The average Bonchev–Trinajstić information content (AvgIpc) is 2.71. The molecule has 0 aliphatic rings. The molecular formula is C34H46O2. The molecule has 2 heteroatoms. The van der Waals surface area contributed by atoms with Crippen LogP contribution in [0.15, 0.2) is 48.5 Å². The van der Waals surface area contributed by atoms with E-state index in [0.29, 0.717) is 5.56 Å². The van der Waals surface area contributed by atoms with Gasteiger partial charge in [0.25, 0.3) is 0 Å². The van der Waals surface area contributed by atoms with Crippen LogP contribution >= 0.6 is 0 Å². The van der Waals surface area contributed by atoms with Crippen LogP contribution in [0.2, 0.25) is 0 Å². The molecule has 0 unspecified atom stereocenters. The molecule has 3 rings (SSSR count). The Kier molecular flexibility index (Phi) is 6.94. The molecule has 0 saturated carbocycles. The molecule has 0 atom stereocenters. The Morgan fingerprint density at radius 3 is 1.25 bits per heavy atom. The van der Waals surface area contributed by atoms with E-state index in [1.807, 2.05) is 6.07 Å². The molecule has 0 fully saturated rings. The molecule has 0 aliphatic heterocycles. The van der Waals surface area contributed by atoms with Gasteiger partial charge in [-0.25, -0.2) is 0 Å². The Bertz CT molecular complexity index is 1270. The van der Waals surface area contributed by atoms with Crippen molar-refractivity contribution >= 4 is 0 Å². The third-order valence-corrected chi connectivity index (χ3v) is 7.10. The van der Waals surface area contributed by atoms with Gasteiger partial charge in [0.2, 0.25) is 0 Å². The topological polar surface area (TPSA) is 40.5 Å². The van der Waals surface area contributed by atoms with Crippen LogP contribution in [0.25, 0.3) is 22.3 Å². The summed E-state index contributed by atoms with van der Waals surface area (Å²) in [4.78, 5) is 0. The third-order valence-electron chi connectivity index (χ3n) is 7.10. The quantitative estimate of drug-likeness (QED) is 0.378. The van der Waals surface area contributed by atoms with Crippen molar-refractivity contribution in [3.63, 3.8) is 0 Å². The molecular weight excluding hydrogens is 440 g/mol. The fourth-order valence-corrected chi connectivity index (χ4v) is 4.78. The van der Waals surface area contributed by atoms with Gasteiger partial charge in [-0.1, -0.05) is 119 Å². The summed E-state index contributed by atoms with van der Waals surface area (Å²) in [6.07, 6.45) is 0. The van der Waals surface area contributed by atoms with E-state index in [2.05, 4.69) is 119 Å². The molecule has 0 heterocycles. The minimum atomic E-state index is -0.170. The van der Waals surface area contributed by atoms with Gasteiger partial charge in [0, 0.05) is 5.56 Å². The Labute approximate surface area is 219 Å². The van der Waals surface area contributed by atoms with Crippen LogP contribution in [0, 0.1) is 0 Å². The summed E-state index contributed by atoms with van der Waals surface area (Å²) in [6, 6.07) is 16.6. The van der Waals surface area contributed by atoms with Crippen molar-refractivity contribution in [1.29, 1.82) is 0 Å². The Morgan fingerprint density at radius 2 is 0.833 bits per heavy atom. The summed E-state index contributed by atoms with van der Waals surface area (Å²) >= 11 is 0. The number of aromatic hydroxyl groups is 2. The number of phenolic OH excluding ortho intramolecular Hbond substituents is 2. The zero-order valence-electron chi connectivity index (χ0n) is 24.5. The molecule has 2 nitrogen and oxygen atoms in total. The number of hydrogen-bond acceptors (Lipinski definition) is 2. The van der Waals surface area contributed by atoms with Gasteiger partial charge in [-0.2, -0.15) is 0 Å². The van der Waals surface area contributed by atoms with Gasteiger partial charge < -0.3 is 10.2 Å². The lowest BCUT2D eigenvalue weighted by molar-refractivity contribution is 0.455. The van der Waals surface area contributed by atoms with Crippen molar-refractivity contribution in [2.75, 3.05) is 0 Å². The van der Waals surface area contributed by atoms with Crippen molar-refractivity contribution in [3.8, 4) is 33.8 Å². The zero-order valence-corrected chi connectivity index (χ0v) is 24.5. The highest BCUT2D eigenvalue weighted by Gasteiger charge is 2.28. The maximum absolute atomic E-state index is 11.8. The predicted molar refractivity (Wildman–Crippen MR) is 155 cm³/mol. The summed E-state index contributed by atoms with van der Waals surface area (Å²) in [6.45, 7) is 26.5. The Morgan fingerprint density at radius 1 is 0.444 bits per heavy atom. The number of rotatable bonds is 2. The van der Waals surface area contributed by atoms with Crippen molar-refractivity contribution in [3.05, 3.63) is 70.8 Å². The predicted octanol–water partition coefficient (Wildman–Crippen LogP) is 9.62. The van der Waals surface area contributed by atoms with E-state index in [4.69, 9.17) is 0 Å². The van der Waals surface area contributed by atoms with Crippen molar-refractivity contribution in [2.24, 2.45) is 0 Å². The third kappa shape index (κ3) is 5.48. The minimum Gasteiger partial charge on any atom is -0.507 e. The zero-order chi connectivity index (χ0) is 27.4. The van der Waals surface area contributed by atoms with Gasteiger partial charge in [0.1, 0.15) is 11.5 Å². The maximum Gasteiger partial charge on any atom is 0.134 e. The maximum atomic E-state index is 11.8. The van der Waals surface area contributed by atoms with Gasteiger partial charge in [-0.05, 0) is 67.2 Å². The van der Waals surface area contributed by atoms with Gasteiger partial charge >= 0.3 is 0 Å². The second-order valence-electron chi connectivity index (χ2n) is 14.4. The first-order valence-electron chi connectivity index (χ1n) is 13.1. The first-order chi connectivity index (χ1) is 16.2. The first-order valence-corrected chi connectivity index (χ1v) is 13.1. The van der Waals surface area contributed by atoms with Crippen LogP contribution in [0.4, 0.5) is 0 Å². The van der Waals surface area contributed by atoms with Crippen molar-refractivity contribution < 1.29 is 10.2 Å². The van der Waals surface area contributed by atoms with E-state index in [9.17, 15) is 10.2 Å². The number of hydrogen-bond donors (Lipinski definition) is 2. The van der Waals surface area contributed by atoms with E-state index in [0.717, 1.165) is 22.3 Å². The van der Waals surface area contributed by atoms with Gasteiger partial charge in [0.05, 0.1) is 5.56 Å². The standard InChI is InChI=1S/C34H46O2/c1-31(2,3)21-13-15-23(26(19-21)33(7,8)9)24-17-18-28(35)29(30(24)36)25-16-14-22(32(4,5)6)20-27(25)34(10,11)12/h13-20,35-36H,1-12H3. The van der Waals surface area contributed by atoms with Crippen molar-refractivity contribution in [1.82, 2.24) is 0 Å². The van der Waals surface area contributed by atoms with Crippen molar-refractivity contribution in [2.45, 2.75) is 105 Å². The van der Waals surface area contributed by atoms with E-state index >= 15 is 0 Å². The Hall–Kier alpha value is -2.74. The summed E-state index contributed by atoms with van der Waals surface area (Å²) in [5, 5.41) is 22.8. The van der Waals surface area contributed by atoms with E-state index in [-0.39, 0.29) is 33.2 Å². The molecule has 194 valence electrons. The van der Waals surface area contributed by atoms with Crippen LogP contribution in [0.1, 0.15) is 105 Å². The van der Waals surface area contributed by atoms with E-state index in [1.54, 1.807) is 6.07 Å².